The van der Waals surface area contributed by atoms with E-state index in [1.165, 1.54) is 10.9 Å². The van der Waals surface area contributed by atoms with Gasteiger partial charge in [-0.15, -0.1) is 11.3 Å². The Balaban J connectivity index is 1.58. The number of nitrogens with zero attached hydrogens (tertiary/aromatic N) is 2. The molecule has 0 radical (unpaired) electrons. The van der Waals surface area contributed by atoms with Crippen LogP contribution in [0.3, 0.4) is 0 Å². The quantitative estimate of drug-likeness (QED) is 0.407. The molecule has 6 heteroatoms. The van der Waals surface area contributed by atoms with Crippen molar-refractivity contribution in [3.8, 4) is 0 Å². The van der Waals surface area contributed by atoms with Crippen LogP contribution in [0, 0.1) is 6.92 Å². The lowest BCUT2D eigenvalue weighted by Crippen LogP contribution is -2.27. The van der Waals surface area contributed by atoms with E-state index in [1.807, 2.05) is 38.5 Å². The van der Waals surface area contributed by atoms with Crippen LogP contribution < -0.4 is 10.2 Å². The van der Waals surface area contributed by atoms with Crippen molar-refractivity contribution in [2.24, 2.45) is 0 Å². The van der Waals surface area contributed by atoms with Crippen LogP contribution in [0.2, 0.25) is 0 Å². The Morgan fingerprint density at radius 3 is 2.68 bits per heavy atom. The van der Waals surface area contributed by atoms with Crippen LogP contribution in [0.25, 0.3) is 17.0 Å². The molecule has 5 nitrogen and oxygen atoms in total. The predicted molar refractivity (Wildman–Crippen MR) is 130 cm³/mol. The first-order valence-electron chi connectivity index (χ1n) is 10.2. The number of carbonyl (C=O) groups excluding carboxylic acids is 1. The number of carbonyl (C=O) groups is 1. The van der Waals surface area contributed by atoms with Crippen LogP contribution in [0.5, 0.6) is 0 Å². The molecule has 0 bridgehead atoms. The molecule has 4 aromatic rings. The maximum Gasteiger partial charge on any atom is 0.244 e. The Bertz CT molecular complexity index is 1200. The molecule has 2 aromatic heterocycles. The molecule has 31 heavy (non-hydrogen) atoms. The van der Waals surface area contributed by atoms with Crippen molar-refractivity contribution in [3.63, 3.8) is 0 Å². The minimum atomic E-state index is -0.125. The van der Waals surface area contributed by atoms with Gasteiger partial charge in [0.15, 0.2) is 0 Å². The van der Waals surface area contributed by atoms with E-state index >= 15 is 0 Å². The normalized spacial score (nSPS) is 12.4. The molecule has 0 saturated carbocycles. The number of thiazole rings is 1. The van der Waals surface area contributed by atoms with Crippen LogP contribution in [0.15, 0.2) is 66.2 Å². The minimum Gasteiger partial charge on any atom is -0.378 e. The summed E-state index contributed by atoms with van der Waals surface area (Å²) < 4.78 is 0. The van der Waals surface area contributed by atoms with E-state index in [4.69, 9.17) is 0 Å². The van der Waals surface area contributed by atoms with Gasteiger partial charge < -0.3 is 15.2 Å². The average Bonchev–Trinajstić information content (AvgIpc) is 3.39. The number of benzene rings is 2. The van der Waals surface area contributed by atoms with Gasteiger partial charge in [0.25, 0.3) is 0 Å². The summed E-state index contributed by atoms with van der Waals surface area (Å²) >= 11 is 1.57. The second-order valence-electron chi connectivity index (χ2n) is 7.70. The van der Waals surface area contributed by atoms with Gasteiger partial charge in [-0.3, -0.25) is 4.79 Å². The van der Waals surface area contributed by atoms with Gasteiger partial charge in [-0.1, -0.05) is 30.3 Å². The molecule has 0 saturated heterocycles. The Morgan fingerprint density at radius 2 is 1.97 bits per heavy atom. The molecular formula is C25H26N4OS. The lowest BCUT2D eigenvalue weighted by Gasteiger charge is -2.19. The molecule has 2 N–H and O–H groups in total. The van der Waals surface area contributed by atoms with E-state index < -0.39 is 0 Å². The first-order chi connectivity index (χ1) is 15.0. The predicted octanol–water partition coefficient (Wildman–Crippen LogP) is 4.96. The number of aromatic nitrogens is 2. The number of nitrogens with one attached hydrogen (secondary N) is 2. The van der Waals surface area contributed by atoms with Crippen LogP contribution in [-0.2, 0) is 4.79 Å². The molecule has 1 atom stereocenters. The average molecular weight is 431 g/mol. The highest BCUT2D eigenvalue weighted by molar-refractivity contribution is 7.09. The number of para-hydroxylation sites is 1. The number of H-pyrrole nitrogens is 1. The fraction of sp³-hybridized carbons (Fsp3) is 0.200. The van der Waals surface area contributed by atoms with Gasteiger partial charge in [-0.05, 0) is 42.3 Å². The molecule has 2 aromatic carbocycles. The van der Waals surface area contributed by atoms with E-state index in [0.717, 1.165) is 27.5 Å². The third kappa shape index (κ3) is 4.86. The van der Waals surface area contributed by atoms with Crippen molar-refractivity contribution in [1.29, 1.82) is 0 Å². The van der Waals surface area contributed by atoms with Crippen molar-refractivity contribution in [2.75, 3.05) is 25.5 Å². The number of hydrogen-bond acceptors (Lipinski definition) is 4. The SMILES string of the molecule is Cc1nc(/C=C/C(=O)NCC(c2ccc(N(C)C)cc2)c2c[nH]c3ccccc23)cs1. The largest absolute Gasteiger partial charge is 0.378 e. The lowest BCUT2D eigenvalue weighted by atomic mass is 9.90. The summed E-state index contributed by atoms with van der Waals surface area (Å²) in [5.41, 5.74) is 5.39. The van der Waals surface area contributed by atoms with Gasteiger partial charge in [-0.2, -0.15) is 0 Å². The summed E-state index contributed by atoms with van der Waals surface area (Å²) in [5, 5.41) is 7.18. The summed E-state index contributed by atoms with van der Waals surface area (Å²) in [5.74, 6) is -0.0911. The topological polar surface area (TPSA) is 61.0 Å². The summed E-state index contributed by atoms with van der Waals surface area (Å²) in [6.45, 7) is 2.46. The molecular weight excluding hydrogens is 404 g/mol. The lowest BCUT2D eigenvalue weighted by molar-refractivity contribution is -0.116. The summed E-state index contributed by atoms with van der Waals surface area (Å²) in [6, 6.07) is 16.8. The van der Waals surface area contributed by atoms with Crippen LogP contribution in [0.1, 0.15) is 27.7 Å². The molecule has 0 aliphatic heterocycles. The number of fused-ring (bicyclic) bond motifs is 1. The Morgan fingerprint density at radius 1 is 1.19 bits per heavy atom. The highest BCUT2D eigenvalue weighted by Gasteiger charge is 2.19. The van der Waals surface area contributed by atoms with Gasteiger partial charge in [0.05, 0.1) is 10.7 Å². The van der Waals surface area contributed by atoms with Crippen molar-refractivity contribution >= 4 is 39.9 Å². The zero-order valence-electron chi connectivity index (χ0n) is 17.9. The van der Waals surface area contributed by atoms with Gasteiger partial charge in [0, 0.05) is 60.8 Å². The Kier molecular flexibility index (Phi) is 6.18. The summed E-state index contributed by atoms with van der Waals surface area (Å²) in [7, 11) is 4.06. The molecule has 0 aliphatic carbocycles. The van der Waals surface area contributed by atoms with Gasteiger partial charge in [0.2, 0.25) is 5.91 Å². The van der Waals surface area contributed by atoms with E-state index in [0.29, 0.717) is 6.54 Å². The third-order valence-corrected chi connectivity index (χ3v) is 6.12. The van der Waals surface area contributed by atoms with Crippen LogP contribution in [-0.4, -0.2) is 36.5 Å². The molecule has 158 valence electrons. The van der Waals surface area contributed by atoms with Crippen LogP contribution >= 0.6 is 11.3 Å². The number of hydrogen-bond donors (Lipinski definition) is 2. The van der Waals surface area contributed by atoms with E-state index in [9.17, 15) is 4.79 Å². The first-order valence-corrected chi connectivity index (χ1v) is 11.1. The highest BCUT2D eigenvalue weighted by Crippen LogP contribution is 2.31. The standard InChI is InChI=1S/C25H26N4OS/c1-17-28-19(16-31-17)10-13-25(30)27-14-22(18-8-11-20(12-9-18)29(2)3)23-15-26-24-7-5-4-6-21(23)24/h4-13,15-16,22,26H,14H2,1-3H3,(H,27,30)/b13-10+. The smallest absolute Gasteiger partial charge is 0.244 e. The summed E-state index contributed by atoms with van der Waals surface area (Å²) in [4.78, 5) is 22.3. The molecule has 1 unspecified atom stereocenters. The van der Waals surface area contributed by atoms with E-state index in [2.05, 4.69) is 62.8 Å². The number of aromatic amines is 1. The first kappa shape index (κ1) is 20.9. The number of amides is 1. The minimum absolute atomic E-state index is 0.0335. The van der Waals surface area contributed by atoms with E-state index in [1.54, 1.807) is 23.5 Å². The fourth-order valence-electron chi connectivity index (χ4n) is 3.67. The molecule has 2 heterocycles. The van der Waals surface area contributed by atoms with E-state index in [-0.39, 0.29) is 11.8 Å². The van der Waals surface area contributed by atoms with Crippen molar-refractivity contribution in [2.45, 2.75) is 12.8 Å². The van der Waals surface area contributed by atoms with Gasteiger partial charge >= 0.3 is 0 Å². The van der Waals surface area contributed by atoms with Crippen molar-refractivity contribution < 1.29 is 4.79 Å². The number of rotatable bonds is 7. The van der Waals surface area contributed by atoms with Crippen LogP contribution in [0.4, 0.5) is 5.69 Å². The zero-order valence-corrected chi connectivity index (χ0v) is 18.7. The second-order valence-corrected chi connectivity index (χ2v) is 8.76. The molecule has 0 fully saturated rings. The number of aryl methyl sites for hydroxylation is 1. The zero-order chi connectivity index (χ0) is 21.8. The highest BCUT2D eigenvalue weighted by atomic mass is 32.1. The Hall–Kier alpha value is -3.38. The Labute approximate surface area is 186 Å². The van der Waals surface area contributed by atoms with Crippen molar-refractivity contribution in [1.82, 2.24) is 15.3 Å². The molecule has 0 aliphatic rings. The molecule has 0 spiro atoms. The molecule has 1 amide bonds. The number of anilines is 1. The second kappa shape index (κ2) is 9.18. The third-order valence-electron chi connectivity index (χ3n) is 5.33. The van der Waals surface area contributed by atoms with Gasteiger partial charge in [0.1, 0.15) is 0 Å². The maximum atomic E-state index is 12.5. The maximum absolute atomic E-state index is 12.5. The summed E-state index contributed by atoms with van der Waals surface area (Å²) in [6.07, 6.45) is 5.36. The molecule has 4 rings (SSSR count). The fourth-order valence-corrected chi connectivity index (χ4v) is 4.25. The monoisotopic (exact) mass is 430 g/mol. The van der Waals surface area contributed by atoms with Crippen molar-refractivity contribution in [3.05, 3.63) is 88.0 Å². The van der Waals surface area contributed by atoms with Gasteiger partial charge in [-0.25, -0.2) is 4.98 Å².